The summed E-state index contributed by atoms with van der Waals surface area (Å²) in [5, 5.41) is 20.8. The first kappa shape index (κ1) is 13.9. The number of ether oxygens (including phenoxy) is 1. The maximum atomic E-state index is 12.8. The molecule has 128 valence electrons. The number of carboxylic acids is 1. The van der Waals surface area contributed by atoms with Crippen LogP contribution in [-0.4, -0.2) is 33.9 Å². The van der Waals surface area contributed by atoms with Gasteiger partial charge in [0.2, 0.25) is 0 Å². The average molecular weight is 330 g/mol. The van der Waals surface area contributed by atoms with Gasteiger partial charge in [0, 0.05) is 16.7 Å². The summed E-state index contributed by atoms with van der Waals surface area (Å²) in [4.78, 5) is 25.2. The number of rotatable bonds is 1. The van der Waals surface area contributed by atoms with Crippen molar-refractivity contribution in [2.45, 2.75) is 50.7 Å². The molecule has 0 aromatic heterocycles. The Balaban J connectivity index is 1.66. The monoisotopic (exact) mass is 330 g/mol. The third-order valence-electron chi connectivity index (χ3n) is 9.38. The molecule has 0 aromatic carbocycles. The van der Waals surface area contributed by atoms with E-state index in [0.717, 1.165) is 19.3 Å². The summed E-state index contributed by atoms with van der Waals surface area (Å²) in [6.45, 7) is 6.05. The summed E-state index contributed by atoms with van der Waals surface area (Å²) in [5.41, 5.74) is -1.08. The maximum Gasteiger partial charge on any atom is 0.315 e. The third-order valence-corrected chi connectivity index (χ3v) is 9.38. The molecular weight excluding hydrogens is 308 g/mol. The molecule has 7 aliphatic rings. The standard InChI is InChI=1S/C19H22O5/c1-8-9-3-5-18-12(8)17(18,7-9)11(14(21)22)13-16(2)10(20)4-6-19(13,18)24-15(16)23/h9-13,20H,1,3-7H2,2H3,(H,21,22)/t9-,10-,11-,12-,13-,16-,17-,18+,19+/m1/s1. The maximum absolute atomic E-state index is 12.8. The molecule has 5 nitrogen and oxygen atoms in total. The van der Waals surface area contributed by atoms with Gasteiger partial charge in [-0.2, -0.15) is 0 Å². The molecule has 1 heterocycles. The number of aliphatic hydroxyl groups is 1. The van der Waals surface area contributed by atoms with Crippen LogP contribution in [0.1, 0.15) is 39.0 Å². The molecule has 6 saturated carbocycles. The SMILES string of the molecule is C=C1[C@@H]2CC[C@]34[C@H]1[C@@]3(C2)[C@@H](C(=O)O)[C@@H]1[C@]2(C)C(=O)O[C@@]14CC[C@H]2O. The Morgan fingerprint density at radius 1 is 1.33 bits per heavy atom. The molecule has 6 aliphatic carbocycles. The smallest absolute Gasteiger partial charge is 0.315 e. The van der Waals surface area contributed by atoms with Crippen LogP contribution in [0.3, 0.4) is 0 Å². The van der Waals surface area contributed by atoms with Crippen LogP contribution in [0, 0.1) is 39.9 Å². The lowest BCUT2D eigenvalue weighted by atomic mass is 9.54. The largest absolute Gasteiger partial charge is 0.481 e. The zero-order chi connectivity index (χ0) is 16.9. The van der Waals surface area contributed by atoms with Gasteiger partial charge in [-0.15, -0.1) is 0 Å². The van der Waals surface area contributed by atoms with Crippen LogP contribution in [0.25, 0.3) is 0 Å². The zero-order valence-electron chi connectivity index (χ0n) is 13.7. The fourth-order valence-electron chi connectivity index (χ4n) is 8.87. The first-order valence-electron chi connectivity index (χ1n) is 9.12. The van der Waals surface area contributed by atoms with Gasteiger partial charge in [-0.3, -0.25) is 9.59 Å². The number of fused-ring (bicyclic) bond motifs is 1. The fraction of sp³-hybridized carbons (Fsp3) is 0.789. The van der Waals surface area contributed by atoms with Gasteiger partial charge >= 0.3 is 11.9 Å². The fourth-order valence-corrected chi connectivity index (χ4v) is 8.87. The van der Waals surface area contributed by atoms with Crippen LogP contribution in [-0.2, 0) is 14.3 Å². The molecule has 0 amide bonds. The van der Waals surface area contributed by atoms with E-state index in [4.69, 9.17) is 4.74 Å². The van der Waals surface area contributed by atoms with Gasteiger partial charge in [0.15, 0.2) is 0 Å². The quantitative estimate of drug-likeness (QED) is 0.565. The number of hydrogen-bond donors (Lipinski definition) is 2. The second kappa shape index (κ2) is 3.33. The molecule has 1 aliphatic heterocycles. The highest BCUT2D eigenvalue weighted by molar-refractivity contribution is 5.87. The number of aliphatic hydroxyl groups excluding tert-OH is 1. The van der Waals surface area contributed by atoms with Crippen molar-refractivity contribution < 1.29 is 24.5 Å². The predicted octanol–water partition coefficient (Wildman–Crippen LogP) is 1.75. The number of hydrogen-bond acceptors (Lipinski definition) is 4. The van der Waals surface area contributed by atoms with E-state index >= 15 is 0 Å². The Morgan fingerprint density at radius 2 is 2.08 bits per heavy atom. The van der Waals surface area contributed by atoms with Crippen LogP contribution in [0.2, 0.25) is 0 Å². The number of aliphatic carboxylic acids is 1. The molecule has 24 heavy (non-hydrogen) atoms. The Labute approximate surface area is 140 Å². The highest BCUT2D eigenvalue weighted by Gasteiger charge is 3.01. The second-order valence-electron chi connectivity index (χ2n) is 9.37. The average Bonchev–Trinajstić information content (AvgIpc) is 2.90. The van der Waals surface area contributed by atoms with Crippen LogP contribution in [0.4, 0.5) is 0 Å². The van der Waals surface area contributed by atoms with Crippen molar-refractivity contribution in [3.05, 3.63) is 12.2 Å². The van der Waals surface area contributed by atoms with Gasteiger partial charge in [0.25, 0.3) is 0 Å². The van der Waals surface area contributed by atoms with Crippen molar-refractivity contribution in [1.82, 2.24) is 0 Å². The van der Waals surface area contributed by atoms with Crippen molar-refractivity contribution in [1.29, 1.82) is 0 Å². The molecule has 2 spiro atoms. The van der Waals surface area contributed by atoms with Crippen LogP contribution >= 0.6 is 0 Å². The number of carbonyl (C=O) groups is 2. The van der Waals surface area contributed by atoms with Gasteiger partial charge in [-0.05, 0) is 50.9 Å². The van der Waals surface area contributed by atoms with Crippen LogP contribution in [0.5, 0.6) is 0 Å². The topological polar surface area (TPSA) is 83.8 Å². The Morgan fingerprint density at radius 3 is 2.79 bits per heavy atom. The molecule has 0 radical (unpaired) electrons. The molecule has 5 heteroatoms. The molecule has 1 saturated heterocycles. The van der Waals surface area contributed by atoms with Gasteiger partial charge in [-0.25, -0.2) is 0 Å². The van der Waals surface area contributed by atoms with E-state index in [1.54, 1.807) is 6.92 Å². The molecule has 9 atom stereocenters. The van der Waals surface area contributed by atoms with E-state index in [2.05, 4.69) is 6.58 Å². The highest BCUT2D eigenvalue weighted by Crippen LogP contribution is 2.98. The Bertz CT molecular complexity index is 759. The lowest BCUT2D eigenvalue weighted by molar-refractivity contribution is -0.161. The van der Waals surface area contributed by atoms with E-state index < -0.39 is 34.9 Å². The van der Waals surface area contributed by atoms with Gasteiger partial charge in [-0.1, -0.05) is 12.2 Å². The predicted molar refractivity (Wildman–Crippen MR) is 81.6 cm³/mol. The third kappa shape index (κ3) is 0.889. The normalized spacial score (nSPS) is 64.5. The molecule has 7 fully saturated rings. The summed E-state index contributed by atoms with van der Waals surface area (Å²) in [5.74, 6) is -1.57. The number of esters is 1. The first-order chi connectivity index (χ1) is 11.3. The summed E-state index contributed by atoms with van der Waals surface area (Å²) < 4.78 is 6.10. The van der Waals surface area contributed by atoms with Crippen LogP contribution < -0.4 is 0 Å². The van der Waals surface area contributed by atoms with E-state index in [9.17, 15) is 19.8 Å². The Kier molecular flexibility index (Phi) is 1.92. The molecule has 7 rings (SSSR count). The first-order valence-corrected chi connectivity index (χ1v) is 9.12. The highest BCUT2D eigenvalue weighted by atomic mass is 16.6. The van der Waals surface area contributed by atoms with Crippen molar-refractivity contribution in [2.75, 3.05) is 0 Å². The van der Waals surface area contributed by atoms with Gasteiger partial charge < -0.3 is 14.9 Å². The number of allylic oxidation sites excluding steroid dienone is 1. The second-order valence-corrected chi connectivity index (χ2v) is 9.37. The van der Waals surface area contributed by atoms with Crippen molar-refractivity contribution in [3.8, 4) is 0 Å². The van der Waals surface area contributed by atoms with E-state index in [0.29, 0.717) is 18.8 Å². The summed E-state index contributed by atoms with van der Waals surface area (Å²) >= 11 is 0. The summed E-state index contributed by atoms with van der Waals surface area (Å²) in [7, 11) is 0. The zero-order valence-corrected chi connectivity index (χ0v) is 13.7. The molecule has 2 N–H and O–H groups in total. The molecule has 0 unspecified atom stereocenters. The summed E-state index contributed by atoms with van der Waals surface area (Å²) in [6, 6.07) is 0. The molecular formula is C19H22O5. The minimum Gasteiger partial charge on any atom is -0.481 e. The van der Waals surface area contributed by atoms with E-state index in [1.807, 2.05) is 0 Å². The number of carboxylic acid groups (broad SMARTS) is 1. The lowest BCUT2D eigenvalue weighted by Crippen LogP contribution is -2.56. The van der Waals surface area contributed by atoms with Crippen LogP contribution in [0.15, 0.2) is 12.2 Å². The Hall–Kier alpha value is -1.36. The summed E-state index contributed by atoms with van der Waals surface area (Å²) in [6.07, 6.45) is 3.18. The van der Waals surface area contributed by atoms with Gasteiger partial charge in [0.05, 0.1) is 17.4 Å². The van der Waals surface area contributed by atoms with Crippen molar-refractivity contribution >= 4 is 11.9 Å². The minimum absolute atomic E-state index is 0.200. The molecule has 6 bridgehead atoms. The number of carbonyl (C=O) groups excluding carboxylic acids is 1. The lowest BCUT2D eigenvalue weighted by Gasteiger charge is -2.48. The van der Waals surface area contributed by atoms with Crippen molar-refractivity contribution in [3.63, 3.8) is 0 Å². The van der Waals surface area contributed by atoms with Crippen molar-refractivity contribution in [2.24, 2.45) is 39.9 Å². The van der Waals surface area contributed by atoms with E-state index in [-0.39, 0.29) is 22.7 Å². The minimum atomic E-state index is -1.08. The van der Waals surface area contributed by atoms with E-state index in [1.165, 1.54) is 5.57 Å². The van der Waals surface area contributed by atoms with Gasteiger partial charge in [0.1, 0.15) is 5.60 Å². The molecule has 0 aromatic rings.